The van der Waals surface area contributed by atoms with Crippen molar-refractivity contribution >= 4 is 74.9 Å². The molecule has 85 heavy (non-hydrogen) atoms. The minimum absolute atomic E-state index is 0.0261. The van der Waals surface area contributed by atoms with Crippen molar-refractivity contribution in [2.75, 3.05) is 110 Å². The number of aliphatic hydroxyl groups excluding tert-OH is 8. The molecule has 0 spiro atoms. The van der Waals surface area contributed by atoms with E-state index in [-0.39, 0.29) is 95.3 Å². The lowest BCUT2D eigenvalue weighted by atomic mass is 9.99. The van der Waals surface area contributed by atoms with Crippen molar-refractivity contribution < 1.29 is 117 Å². The van der Waals surface area contributed by atoms with Crippen molar-refractivity contribution in [2.24, 2.45) is 0 Å². The Kier molecular flexibility index (Phi) is 32.5. The second-order valence-corrected chi connectivity index (χ2v) is 23.7. The minimum Gasteiger partial charge on any atom is -0.491 e. The van der Waals surface area contributed by atoms with Gasteiger partial charge in [-0.25, -0.2) is 4.79 Å². The van der Waals surface area contributed by atoms with Crippen molar-refractivity contribution in [3.8, 4) is 5.75 Å². The van der Waals surface area contributed by atoms with E-state index in [1.54, 1.807) is 12.1 Å². The molecule has 4 aliphatic heterocycles. The number of hydrogen-bond donors (Lipinski definition) is 16. The van der Waals surface area contributed by atoms with Gasteiger partial charge in [0, 0.05) is 60.5 Å². The lowest BCUT2D eigenvalue weighted by molar-refractivity contribution is -0.299. The predicted octanol–water partition coefficient (Wildman–Crippen LogP) is -5.35. The SMILES string of the molecule is O=C(O)CCNC(=O)C(NC(=O)CCSSCCNC(=O)CCCCC1SCC2NC(=O)NC21)C(=O)NCCOCCOCCOCCOc1cccc(C(=O)NC(CO[C@@H]2C(CO)O[C@H](O)C(O)[C@H]2O)CO[C@@H]2C(CO)O[C@H](O)C(O)[C@H]2O)c1. The van der Waals surface area contributed by atoms with Gasteiger partial charge in [-0.2, -0.15) is 11.8 Å². The van der Waals surface area contributed by atoms with Crippen molar-refractivity contribution in [1.82, 2.24) is 37.2 Å². The first-order chi connectivity index (χ1) is 40.9. The van der Waals surface area contributed by atoms with Gasteiger partial charge >= 0.3 is 12.0 Å². The zero-order chi connectivity index (χ0) is 61.7. The molecule has 14 atom stereocenters. The molecule has 0 radical (unpaired) electrons. The van der Waals surface area contributed by atoms with Gasteiger partial charge in [0.25, 0.3) is 17.7 Å². The number of aliphatic hydroxyl groups is 8. The molecule has 0 saturated carbocycles. The number of carboxylic acid groups (broad SMARTS) is 1. The summed E-state index contributed by atoms with van der Waals surface area (Å²) in [4.78, 5) is 87.0. The number of unbranched alkanes of at least 4 members (excludes halogenated alkanes) is 1. The van der Waals surface area contributed by atoms with Crippen molar-refractivity contribution in [1.29, 1.82) is 0 Å². The molecule has 0 aromatic heterocycles. The fraction of sp³-hybridized carbons (Fsp3) is 0.745. The van der Waals surface area contributed by atoms with Gasteiger partial charge in [-0.05, 0) is 31.0 Å². The Labute approximate surface area is 502 Å². The zero-order valence-corrected chi connectivity index (χ0v) is 49.1. The van der Waals surface area contributed by atoms with Crippen molar-refractivity contribution in [3.63, 3.8) is 0 Å². The van der Waals surface area contributed by atoms with Gasteiger partial charge < -0.3 is 121 Å². The van der Waals surface area contributed by atoms with E-state index in [1.807, 2.05) is 11.8 Å². The molecule has 4 heterocycles. The van der Waals surface area contributed by atoms with E-state index in [1.165, 1.54) is 33.7 Å². The average Bonchev–Trinajstić information content (AvgIpc) is 3.67. The number of benzene rings is 1. The van der Waals surface area contributed by atoms with Gasteiger partial charge in [-0.1, -0.05) is 34.1 Å². The molecule has 7 amide bonds. The summed E-state index contributed by atoms with van der Waals surface area (Å²) in [6.07, 6.45) is -13.5. The summed E-state index contributed by atoms with van der Waals surface area (Å²) in [7, 11) is 2.84. The fourth-order valence-electron chi connectivity index (χ4n) is 8.96. The van der Waals surface area contributed by atoms with Gasteiger partial charge in [-0.15, -0.1) is 0 Å². The van der Waals surface area contributed by atoms with Crippen LogP contribution >= 0.6 is 33.3 Å². The first kappa shape index (κ1) is 71.3. The number of hydrogen-bond acceptors (Lipinski definition) is 26. The Hall–Kier alpha value is -4.44. The van der Waals surface area contributed by atoms with Crippen LogP contribution < -0.4 is 42.0 Å². The van der Waals surface area contributed by atoms with Crippen LogP contribution in [0.15, 0.2) is 24.3 Å². The molecule has 1 aromatic carbocycles. The normalized spacial score (nSPS) is 26.9. The van der Waals surface area contributed by atoms with Crippen LogP contribution in [0.1, 0.15) is 48.9 Å². The molecule has 5 rings (SSSR count). The molecule has 4 fully saturated rings. The molecule has 34 heteroatoms. The lowest BCUT2D eigenvalue weighted by Gasteiger charge is -2.41. The molecule has 0 aliphatic carbocycles. The largest absolute Gasteiger partial charge is 0.491 e. The minimum atomic E-state index is -1.82. The van der Waals surface area contributed by atoms with Crippen LogP contribution in [-0.4, -0.2) is 288 Å². The van der Waals surface area contributed by atoms with E-state index in [9.17, 15) is 74.4 Å². The number of nitrogens with one attached hydrogen (secondary N) is 7. The van der Waals surface area contributed by atoms with E-state index in [4.69, 9.17) is 43.0 Å². The Balaban J connectivity index is 0.918. The Morgan fingerprint density at radius 3 is 1.89 bits per heavy atom. The van der Waals surface area contributed by atoms with E-state index >= 15 is 0 Å². The number of rotatable bonds is 41. The number of amides is 7. The first-order valence-electron chi connectivity index (χ1n) is 27.8. The van der Waals surface area contributed by atoms with Gasteiger partial charge in [0.05, 0.1) is 90.6 Å². The smallest absolute Gasteiger partial charge is 0.315 e. The van der Waals surface area contributed by atoms with Crippen molar-refractivity contribution in [2.45, 2.75) is 129 Å². The molecule has 8 unspecified atom stereocenters. The molecular weight excluding hydrogens is 1190 g/mol. The third kappa shape index (κ3) is 24.6. The highest BCUT2D eigenvalue weighted by Crippen LogP contribution is 2.33. The van der Waals surface area contributed by atoms with Gasteiger partial charge in [0.1, 0.15) is 61.2 Å². The van der Waals surface area contributed by atoms with Crippen LogP contribution in [-0.2, 0) is 57.1 Å². The van der Waals surface area contributed by atoms with Gasteiger partial charge in [0.15, 0.2) is 18.6 Å². The third-order valence-electron chi connectivity index (χ3n) is 13.4. The topological polar surface area (TPSA) is 460 Å². The molecule has 4 saturated heterocycles. The molecule has 31 nitrogen and oxygen atoms in total. The van der Waals surface area contributed by atoms with E-state index in [0.29, 0.717) is 35.5 Å². The van der Waals surface area contributed by atoms with E-state index < -0.39 is 136 Å². The number of ether oxygens (including phenoxy) is 8. The Bertz CT molecular complexity index is 2200. The molecular formula is C51H81N7O24S3. The van der Waals surface area contributed by atoms with Gasteiger partial charge in [0.2, 0.25) is 11.8 Å². The maximum absolute atomic E-state index is 13.5. The number of urea groups is 1. The number of carbonyl (C=O) groups excluding carboxylic acids is 6. The summed E-state index contributed by atoms with van der Waals surface area (Å²) >= 11 is 1.84. The predicted molar refractivity (Wildman–Crippen MR) is 302 cm³/mol. The Morgan fingerprint density at radius 1 is 0.671 bits per heavy atom. The van der Waals surface area contributed by atoms with Crippen LogP contribution in [0.5, 0.6) is 5.75 Å². The number of fused-ring (bicyclic) bond motifs is 1. The second kappa shape index (κ2) is 38.8. The highest BCUT2D eigenvalue weighted by atomic mass is 33.1. The summed E-state index contributed by atoms with van der Waals surface area (Å²) in [5.41, 5.74) is 0.109. The van der Waals surface area contributed by atoms with Crippen LogP contribution in [0.25, 0.3) is 0 Å². The maximum Gasteiger partial charge on any atom is 0.315 e. The molecule has 4 aliphatic rings. The summed E-state index contributed by atoms with van der Waals surface area (Å²) in [5.74, 6) is -2.05. The number of carbonyl (C=O) groups is 7. The second-order valence-electron chi connectivity index (χ2n) is 19.8. The quantitative estimate of drug-likeness (QED) is 0.0126. The lowest BCUT2D eigenvalue weighted by Crippen LogP contribution is -2.61. The summed E-state index contributed by atoms with van der Waals surface area (Å²) in [6.45, 7) is -1.31. The fourth-order valence-corrected chi connectivity index (χ4v) is 12.4. The van der Waals surface area contributed by atoms with E-state index in [0.717, 1.165) is 25.0 Å². The zero-order valence-electron chi connectivity index (χ0n) is 46.6. The number of aliphatic carboxylic acids is 1. The Morgan fingerprint density at radius 2 is 1.27 bits per heavy atom. The summed E-state index contributed by atoms with van der Waals surface area (Å²) in [6, 6.07) is 3.49. The first-order valence-corrected chi connectivity index (χ1v) is 31.3. The van der Waals surface area contributed by atoms with Crippen LogP contribution in [0.4, 0.5) is 4.79 Å². The molecule has 16 N–H and O–H groups in total. The van der Waals surface area contributed by atoms with Crippen LogP contribution in [0.3, 0.4) is 0 Å². The molecule has 482 valence electrons. The monoisotopic (exact) mass is 1270 g/mol. The third-order valence-corrected chi connectivity index (χ3v) is 17.3. The highest BCUT2D eigenvalue weighted by Gasteiger charge is 2.47. The summed E-state index contributed by atoms with van der Waals surface area (Å²) in [5, 5.41) is 109. The molecule has 0 bridgehead atoms. The number of thioether (sulfide) groups is 1. The standard InChI is InChI=1S/C51H81N7O24S3/c59-23-32-44(40(65)42(67)49(72)81-32)79-25-29(26-80-45-33(24-60)82-50(73)43(68)41(45)66)55-46(69)28-4-3-5-30(22-28)78-19-18-77-17-16-76-15-14-75-13-11-54-48(71)39(47(70)53-10-8-37(63)64)57-36(62)9-20-84-85-21-12-52-35(61)7-2-1-6-34-38-31(27-83-34)56-51(74)58-38/h3-5,22,29,31-34,38-45,49-50,59-60,65-68,72-73H,1-2,6-21,23-27H2,(H,52,61)(H,53,70)(H,54,71)(H,55,69)(H,57,62)(H,63,64)(H2,56,58,74)/t29?,31?,32?,33?,34?,38?,39?,40-,41-,42?,43?,44-,45-,49+,50+/m1/s1. The van der Waals surface area contributed by atoms with Crippen molar-refractivity contribution in [3.05, 3.63) is 29.8 Å². The average molecular weight is 1270 g/mol. The van der Waals surface area contributed by atoms with Gasteiger partial charge in [-0.3, -0.25) is 28.8 Å². The summed E-state index contributed by atoms with van der Waals surface area (Å²) < 4.78 is 44.1. The van der Waals surface area contributed by atoms with E-state index in [2.05, 4.69) is 37.2 Å². The highest BCUT2D eigenvalue weighted by molar-refractivity contribution is 8.76. The molecule has 1 aromatic rings. The van der Waals surface area contributed by atoms with Crippen LogP contribution in [0, 0.1) is 0 Å². The number of carboxylic acids is 1. The van der Waals surface area contributed by atoms with Crippen LogP contribution in [0.2, 0.25) is 0 Å². The maximum atomic E-state index is 13.5.